The summed E-state index contributed by atoms with van der Waals surface area (Å²) < 4.78 is 0. The number of benzene rings is 1. The zero-order valence-corrected chi connectivity index (χ0v) is 7.05. The Morgan fingerprint density at radius 1 is 1.42 bits per heavy atom. The van der Waals surface area contributed by atoms with Gasteiger partial charge in [-0.1, -0.05) is 23.7 Å². The summed E-state index contributed by atoms with van der Waals surface area (Å²) in [7, 11) is 0. The summed E-state index contributed by atoms with van der Waals surface area (Å²) in [6.07, 6.45) is 1.51. The number of hydrogen-bond donors (Lipinski definition) is 2. The molecule has 0 saturated heterocycles. The average molecular weight is 182 g/mol. The topological polar surface area (TPSA) is 62.2 Å². The fraction of sp³-hybridized carbons (Fsp3) is 0. The molecular weight excluding hydrogens is 174 g/mol. The minimum atomic E-state index is -0.204. The first kappa shape index (κ1) is 8.74. The minimum Gasteiger partial charge on any atom is -0.368 e. The van der Waals surface area contributed by atoms with Crippen molar-refractivity contribution in [3.63, 3.8) is 0 Å². The van der Waals surface area contributed by atoms with Crippen LogP contribution in [0, 0.1) is 5.41 Å². The number of hydrogen-bond acceptors (Lipinski definition) is 1. The molecule has 0 aliphatic heterocycles. The Labute approximate surface area is 75.4 Å². The molecule has 0 aliphatic rings. The normalized spacial score (nSPS) is 10.4. The molecule has 1 aromatic carbocycles. The Bertz CT molecular complexity index is 303. The summed E-state index contributed by atoms with van der Waals surface area (Å²) in [4.78, 5) is 3.62. The predicted octanol–water partition coefficient (Wildman–Crippen LogP) is 1.65. The lowest BCUT2D eigenvalue weighted by Gasteiger charge is -1.91. The molecule has 3 N–H and O–H groups in total. The number of nitrogens with two attached hydrogens (primary N) is 1. The van der Waals surface area contributed by atoms with Gasteiger partial charge in [0.05, 0.1) is 0 Å². The van der Waals surface area contributed by atoms with E-state index in [0.29, 0.717) is 5.02 Å². The molecule has 0 aromatic heterocycles. The monoisotopic (exact) mass is 181 g/mol. The van der Waals surface area contributed by atoms with E-state index < -0.39 is 0 Å². The predicted molar refractivity (Wildman–Crippen MR) is 51.0 cm³/mol. The molecule has 0 atom stereocenters. The van der Waals surface area contributed by atoms with Crippen LogP contribution >= 0.6 is 11.6 Å². The van der Waals surface area contributed by atoms with E-state index in [2.05, 4.69) is 4.99 Å². The van der Waals surface area contributed by atoms with Crippen LogP contribution in [-0.4, -0.2) is 12.2 Å². The SMILES string of the molecule is N=C(N)N=Cc1ccc(Cl)cc1. The van der Waals surface area contributed by atoms with Crippen molar-refractivity contribution in [3.8, 4) is 0 Å². The second-order valence-corrected chi connectivity index (χ2v) is 2.63. The second kappa shape index (κ2) is 3.88. The fourth-order valence-corrected chi connectivity index (χ4v) is 0.819. The Morgan fingerprint density at radius 3 is 2.50 bits per heavy atom. The van der Waals surface area contributed by atoms with Crippen molar-refractivity contribution in [2.75, 3.05) is 0 Å². The summed E-state index contributed by atoms with van der Waals surface area (Å²) >= 11 is 5.66. The van der Waals surface area contributed by atoms with Gasteiger partial charge in [-0.15, -0.1) is 0 Å². The zero-order chi connectivity index (χ0) is 8.97. The third-order valence-electron chi connectivity index (χ3n) is 1.22. The van der Waals surface area contributed by atoms with Gasteiger partial charge in [0.25, 0.3) is 0 Å². The van der Waals surface area contributed by atoms with Gasteiger partial charge < -0.3 is 5.73 Å². The van der Waals surface area contributed by atoms with Gasteiger partial charge in [-0.05, 0) is 17.7 Å². The first-order valence-electron chi connectivity index (χ1n) is 3.32. The molecule has 4 heteroatoms. The molecule has 0 aliphatic carbocycles. The van der Waals surface area contributed by atoms with Gasteiger partial charge in [0, 0.05) is 11.2 Å². The molecule has 0 saturated carbocycles. The molecule has 1 aromatic rings. The van der Waals surface area contributed by atoms with E-state index in [1.54, 1.807) is 24.3 Å². The van der Waals surface area contributed by atoms with E-state index in [1.165, 1.54) is 6.21 Å². The Kier molecular flexibility index (Phi) is 2.82. The van der Waals surface area contributed by atoms with E-state index in [9.17, 15) is 0 Å². The summed E-state index contributed by atoms with van der Waals surface area (Å²) in [5.41, 5.74) is 5.90. The smallest absolute Gasteiger partial charge is 0.212 e. The van der Waals surface area contributed by atoms with Crippen LogP contribution < -0.4 is 5.73 Å². The number of halogens is 1. The summed E-state index contributed by atoms with van der Waals surface area (Å²) in [5.74, 6) is -0.204. The van der Waals surface area contributed by atoms with Crippen LogP contribution in [0.1, 0.15) is 5.56 Å². The molecule has 1 rings (SSSR count). The van der Waals surface area contributed by atoms with E-state index >= 15 is 0 Å². The van der Waals surface area contributed by atoms with E-state index in [0.717, 1.165) is 5.56 Å². The third-order valence-corrected chi connectivity index (χ3v) is 1.47. The average Bonchev–Trinajstić information content (AvgIpc) is 2.03. The summed E-state index contributed by atoms with van der Waals surface area (Å²) in [6.45, 7) is 0. The van der Waals surface area contributed by atoms with E-state index in [4.69, 9.17) is 22.7 Å². The second-order valence-electron chi connectivity index (χ2n) is 2.19. The first-order valence-corrected chi connectivity index (χ1v) is 3.70. The third kappa shape index (κ3) is 2.72. The first-order chi connectivity index (χ1) is 5.68. The lowest BCUT2D eigenvalue weighted by Crippen LogP contribution is -2.05. The van der Waals surface area contributed by atoms with Gasteiger partial charge in [0.1, 0.15) is 0 Å². The molecule has 0 unspecified atom stereocenters. The van der Waals surface area contributed by atoms with Crippen molar-refractivity contribution in [2.45, 2.75) is 0 Å². The molecule has 12 heavy (non-hydrogen) atoms. The standard InChI is InChI=1S/C8H8ClN3/c9-7-3-1-6(2-4-7)5-12-8(10)11/h1-5H,(H3,10,11). The highest BCUT2D eigenvalue weighted by atomic mass is 35.5. The maximum Gasteiger partial charge on any atom is 0.212 e. The van der Waals surface area contributed by atoms with Crippen molar-refractivity contribution in [3.05, 3.63) is 34.9 Å². The molecule has 0 amide bonds. The maximum absolute atomic E-state index is 6.84. The van der Waals surface area contributed by atoms with Crippen molar-refractivity contribution in [2.24, 2.45) is 10.7 Å². The van der Waals surface area contributed by atoms with Crippen molar-refractivity contribution < 1.29 is 0 Å². The number of nitrogens with zero attached hydrogens (tertiary/aromatic N) is 1. The van der Waals surface area contributed by atoms with Crippen LogP contribution in [-0.2, 0) is 0 Å². The van der Waals surface area contributed by atoms with Gasteiger partial charge >= 0.3 is 0 Å². The highest BCUT2D eigenvalue weighted by Gasteiger charge is 1.87. The molecule has 3 nitrogen and oxygen atoms in total. The minimum absolute atomic E-state index is 0.204. The lowest BCUT2D eigenvalue weighted by molar-refractivity contribution is 1.38. The highest BCUT2D eigenvalue weighted by Crippen LogP contribution is 2.07. The molecule has 0 spiro atoms. The quantitative estimate of drug-likeness (QED) is 0.502. The molecular formula is C8H8ClN3. The maximum atomic E-state index is 6.84. The highest BCUT2D eigenvalue weighted by molar-refractivity contribution is 6.30. The molecule has 0 fully saturated rings. The summed E-state index contributed by atoms with van der Waals surface area (Å²) in [6, 6.07) is 7.11. The fourth-order valence-electron chi connectivity index (χ4n) is 0.693. The van der Waals surface area contributed by atoms with E-state index in [1.807, 2.05) is 0 Å². The Morgan fingerprint density at radius 2 is 2.00 bits per heavy atom. The van der Waals surface area contributed by atoms with Gasteiger partial charge in [-0.3, -0.25) is 5.41 Å². The van der Waals surface area contributed by atoms with Crippen molar-refractivity contribution in [1.82, 2.24) is 0 Å². The number of guanidine groups is 1. The number of nitrogens with one attached hydrogen (secondary N) is 1. The van der Waals surface area contributed by atoms with Gasteiger partial charge in [-0.2, -0.15) is 0 Å². The van der Waals surface area contributed by atoms with Crippen LogP contribution in [0.5, 0.6) is 0 Å². The largest absolute Gasteiger partial charge is 0.368 e. The van der Waals surface area contributed by atoms with Crippen LogP contribution in [0.2, 0.25) is 5.02 Å². The van der Waals surface area contributed by atoms with Gasteiger partial charge in [0.2, 0.25) is 5.96 Å². The zero-order valence-electron chi connectivity index (χ0n) is 6.29. The van der Waals surface area contributed by atoms with Crippen LogP contribution in [0.25, 0.3) is 0 Å². The molecule has 0 heterocycles. The van der Waals surface area contributed by atoms with Crippen LogP contribution in [0.4, 0.5) is 0 Å². The number of rotatable bonds is 1. The van der Waals surface area contributed by atoms with E-state index in [-0.39, 0.29) is 5.96 Å². The summed E-state index contributed by atoms with van der Waals surface area (Å²) in [5, 5.41) is 7.52. The van der Waals surface area contributed by atoms with Gasteiger partial charge in [0.15, 0.2) is 0 Å². The lowest BCUT2D eigenvalue weighted by atomic mass is 10.2. The molecule has 0 bridgehead atoms. The van der Waals surface area contributed by atoms with Crippen molar-refractivity contribution >= 4 is 23.8 Å². The van der Waals surface area contributed by atoms with Crippen LogP contribution in [0.15, 0.2) is 29.3 Å². The van der Waals surface area contributed by atoms with Crippen molar-refractivity contribution in [1.29, 1.82) is 5.41 Å². The molecule has 0 radical (unpaired) electrons. The number of aliphatic imine (C=N–C) groups is 1. The van der Waals surface area contributed by atoms with Gasteiger partial charge in [-0.25, -0.2) is 4.99 Å². The Hall–Kier alpha value is -1.35. The molecule has 62 valence electrons. The van der Waals surface area contributed by atoms with Crippen LogP contribution in [0.3, 0.4) is 0 Å². The Balaban J connectivity index is 2.77.